The molecule has 3 nitrogen and oxygen atoms in total. The number of carbonyl (C=O) groups is 1. The van der Waals surface area contributed by atoms with E-state index >= 15 is 0 Å². The number of amides is 1. The van der Waals surface area contributed by atoms with E-state index in [1.54, 1.807) is 6.92 Å². The van der Waals surface area contributed by atoms with Crippen LogP contribution in [0.25, 0.3) is 0 Å². The van der Waals surface area contributed by atoms with E-state index in [1.165, 1.54) is 29.8 Å². The normalized spacial score (nSPS) is 13.2. The van der Waals surface area contributed by atoms with Crippen molar-refractivity contribution in [3.63, 3.8) is 0 Å². The minimum atomic E-state index is -0.655. The van der Waals surface area contributed by atoms with Gasteiger partial charge in [0, 0.05) is 0 Å². The van der Waals surface area contributed by atoms with Gasteiger partial charge in [-0.2, -0.15) is 0 Å². The minimum absolute atomic E-state index is 0.104. The van der Waals surface area contributed by atoms with Crippen LogP contribution in [0.4, 0.5) is 4.39 Å². The zero-order valence-electron chi connectivity index (χ0n) is 13.7. The Bertz CT molecular complexity index is 637. The Balaban J connectivity index is 1.92. The molecule has 2 rings (SSSR count). The molecule has 122 valence electrons. The van der Waals surface area contributed by atoms with Crippen molar-refractivity contribution in [3.05, 3.63) is 65.5 Å². The van der Waals surface area contributed by atoms with E-state index in [4.69, 9.17) is 4.74 Å². The second-order valence-electron chi connectivity index (χ2n) is 5.54. The maximum Gasteiger partial charge on any atom is 0.261 e. The summed E-state index contributed by atoms with van der Waals surface area (Å²) in [5.41, 5.74) is 2.31. The van der Waals surface area contributed by atoms with Crippen molar-refractivity contribution in [2.75, 3.05) is 0 Å². The Hall–Kier alpha value is -2.36. The summed E-state index contributed by atoms with van der Waals surface area (Å²) in [5.74, 6) is -0.0750. The number of halogens is 1. The van der Waals surface area contributed by atoms with Crippen LogP contribution in [0.5, 0.6) is 5.75 Å². The van der Waals surface area contributed by atoms with Gasteiger partial charge in [-0.1, -0.05) is 31.2 Å². The molecule has 0 unspecified atom stereocenters. The quantitative estimate of drug-likeness (QED) is 0.874. The zero-order chi connectivity index (χ0) is 16.8. The number of hydrogen-bond acceptors (Lipinski definition) is 2. The van der Waals surface area contributed by atoms with Gasteiger partial charge >= 0.3 is 0 Å². The topological polar surface area (TPSA) is 38.3 Å². The summed E-state index contributed by atoms with van der Waals surface area (Å²) in [7, 11) is 0. The van der Waals surface area contributed by atoms with Crippen LogP contribution >= 0.6 is 0 Å². The Morgan fingerprint density at radius 2 is 1.70 bits per heavy atom. The molecule has 2 atom stereocenters. The lowest BCUT2D eigenvalue weighted by atomic mass is 10.0. The standard InChI is InChI=1S/C19H22FNO2/c1-4-15-5-7-16(8-6-15)13(2)21-19(22)14(3)23-18-11-9-17(20)10-12-18/h5-14H,4H2,1-3H3,(H,21,22)/t13-,14+/m0/s1. The Morgan fingerprint density at radius 3 is 2.26 bits per heavy atom. The third-order valence-electron chi connectivity index (χ3n) is 3.74. The molecular formula is C19H22FNO2. The molecule has 2 aromatic rings. The lowest BCUT2D eigenvalue weighted by Crippen LogP contribution is -2.37. The molecule has 0 aliphatic rings. The molecule has 0 aliphatic carbocycles. The SMILES string of the molecule is CCc1ccc([C@H](C)NC(=O)[C@@H](C)Oc2ccc(F)cc2)cc1. The predicted molar refractivity (Wildman–Crippen MR) is 88.9 cm³/mol. The summed E-state index contributed by atoms with van der Waals surface area (Å²) < 4.78 is 18.4. The van der Waals surface area contributed by atoms with Crippen LogP contribution in [-0.2, 0) is 11.2 Å². The average molecular weight is 315 g/mol. The zero-order valence-corrected chi connectivity index (χ0v) is 13.7. The molecule has 0 aliphatic heterocycles. The fourth-order valence-corrected chi connectivity index (χ4v) is 2.23. The largest absolute Gasteiger partial charge is 0.481 e. The summed E-state index contributed by atoms with van der Waals surface area (Å²) >= 11 is 0. The maximum atomic E-state index is 12.9. The first kappa shape index (κ1) is 17.0. The number of nitrogens with one attached hydrogen (secondary N) is 1. The number of hydrogen-bond donors (Lipinski definition) is 1. The Morgan fingerprint density at radius 1 is 1.09 bits per heavy atom. The number of ether oxygens (including phenoxy) is 1. The van der Waals surface area contributed by atoms with E-state index in [0.717, 1.165) is 12.0 Å². The van der Waals surface area contributed by atoms with Gasteiger partial charge in [0.15, 0.2) is 6.10 Å². The lowest BCUT2D eigenvalue weighted by Gasteiger charge is -2.19. The van der Waals surface area contributed by atoms with Crippen molar-refractivity contribution >= 4 is 5.91 Å². The van der Waals surface area contributed by atoms with E-state index in [9.17, 15) is 9.18 Å². The van der Waals surface area contributed by atoms with Crippen LogP contribution in [0.3, 0.4) is 0 Å². The van der Waals surface area contributed by atoms with Crippen molar-refractivity contribution in [3.8, 4) is 5.75 Å². The number of carbonyl (C=O) groups excluding carboxylic acids is 1. The molecule has 1 amide bonds. The van der Waals surface area contributed by atoms with Crippen LogP contribution < -0.4 is 10.1 Å². The van der Waals surface area contributed by atoms with Crippen LogP contribution in [0.15, 0.2) is 48.5 Å². The summed E-state index contributed by atoms with van der Waals surface area (Å²) in [6, 6.07) is 13.7. The van der Waals surface area contributed by atoms with Gasteiger partial charge in [0.1, 0.15) is 11.6 Å². The van der Waals surface area contributed by atoms with Crippen molar-refractivity contribution in [2.24, 2.45) is 0 Å². The molecular weight excluding hydrogens is 293 g/mol. The third kappa shape index (κ3) is 4.81. The van der Waals surface area contributed by atoms with Gasteiger partial charge in [0.25, 0.3) is 5.91 Å². The van der Waals surface area contributed by atoms with E-state index in [1.807, 2.05) is 19.1 Å². The molecule has 2 aromatic carbocycles. The first-order valence-electron chi connectivity index (χ1n) is 7.81. The molecule has 0 saturated carbocycles. The van der Waals surface area contributed by atoms with E-state index in [2.05, 4.69) is 24.4 Å². The van der Waals surface area contributed by atoms with Crippen LogP contribution in [0, 0.1) is 5.82 Å². The second kappa shape index (κ2) is 7.77. The highest BCUT2D eigenvalue weighted by atomic mass is 19.1. The van der Waals surface area contributed by atoms with E-state index in [0.29, 0.717) is 5.75 Å². The van der Waals surface area contributed by atoms with Gasteiger partial charge in [-0.05, 0) is 55.7 Å². The summed E-state index contributed by atoms with van der Waals surface area (Å²) in [6.45, 7) is 5.71. The average Bonchev–Trinajstić information content (AvgIpc) is 2.56. The van der Waals surface area contributed by atoms with Gasteiger partial charge in [0.05, 0.1) is 6.04 Å². The molecule has 0 bridgehead atoms. The van der Waals surface area contributed by atoms with Gasteiger partial charge < -0.3 is 10.1 Å². The summed E-state index contributed by atoms with van der Waals surface area (Å²) in [5, 5.41) is 2.93. The Kier molecular flexibility index (Phi) is 5.74. The van der Waals surface area contributed by atoms with E-state index in [-0.39, 0.29) is 17.8 Å². The van der Waals surface area contributed by atoms with Crippen molar-refractivity contribution < 1.29 is 13.9 Å². The molecule has 0 saturated heterocycles. The molecule has 1 N–H and O–H groups in total. The molecule has 0 aromatic heterocycles. The highest BCUT2D eigenvalue weighted by Gasteiger charge is 2.17. The maximum absolute atomic E-state index is 12.9. The van der Waals surface area contributed by atoms with Gasteiger partial charge in [0.2, 0.25) is 0 Å². The van der Waals surface area contributed by atoms with Crippen molar-refractivity contribution in [2.45, 2.75) is 39.3 Å². The fourth-order valence-electron chi connectivity index (χ4n) is 2.23. The van der Waals surface area contributed by atoms with Crippen molar-refractivity contribution in [1.29, 1.82) is 0 Å². The van der Waals surface area contributed by atoms with Gasteiger partial charge in [-0.25, -0.2) is 4.39 Å². The summed E-state index contributed by atoms with van der Waals surface area (Å²) in [6.07, 6.45) is 0.335. The van der Waals surface area contributed by atoms with Crippen LogP contribution in [0.1, 0.15) is 37.9 Å². The minimum Gasteiger partial charge on any atom is -0.481 e. The third-order valence-corrected chi connectivity index (χ3v) is 3.74. The molecule has 0 fully saturated rings. The monoisotopic (exact) mass is 315 g/mol. The molecule has 23 heavy (non-hydrogen) atoms. The lowest BCUT2D eigenvalue weighted by molar-refractivity contribution is -0.127. The smallest absolute Gasteiger partial charge is 0.261 e. The highest BCUT2D eigenvalue weighted by molar-refractivity contribution is 5.81. The van der Waals surface area contributed by atoms with E-state index < -0.39 is 6.10 Å². The first-order chi connectivity index (χ1) is 11.0. The highest BCUT2D eigenvalue weighted by Crippen LogP contribution is 2.16. The summed E-state index contributed by atoms with van der Waals surface area (Å²) in [4.78, 5) is 12.2. The molecule has 0 radical (unpaired) electrons. The predicted octanol–water partition coefficient (Wildman–Crippen LogP) is 4.03. The molecule has 4 heteroatoms. The molecule has 0 spiro atoms. The van der Waals surface area contributed by atoms with Crippen LogP contribution in [0.2, 0.25) is 0 Å². The first-order valence-corrected chi connectivity index (χ1v) is 7.81. The van der Waals surface area contributed by atoms with Gasteiger partial charge in [-0.15, -0.1) is 0 Å². The molecule has 0 heterocycles. The second-order valence-corrected chi connectivity index (χ2v) is 5.54. The number of aryl methyl sites for hydroxylation is 1. The Labute approximate surface area is 136 Å². The number of rotatable bonds is 6. The number of benzene rings is 2. The van der Waals surface area contributed by atoms with Crippen LogP contribution in [-0.4, -0.2) is 12.0 Å². The van der Waals surface area contributed by atoms with Crippen molar-refractivity contribution in [1.82, 2.24) is 5.32 Å². The fraction of sp³-hybridized carbons (Fsp3) is 0.316. The van der Waals surface area contributed by atoms with Gasteiger partial charge in [-0.3, -0.25) is 4.79 Å².